The SMILES string of the molecule is NNS(=O)(=O)c1cccs1. The Labute approximate surface area is 62.7 Å². The van der Waals surface area contributed by atoms with Gasteiger partial charge in [-0.05, 0) is 11.4 Å². The Balaban J connectivity index is 3.09. The lowest BCUT2D eigenvalue weighted by Crippen LogP contribution is -2.29. The van der Waals surface area contributed by atoms with E-state index >= 15 is 0 Å². The summed E-state index contributed by atoms with van der Waals surface area (Å²) < 4.78 is 21.9. The first-order chi connectivity index (χ1) is 4.67. The minimum absolute atomic E-state index is 0.231. The summed E-state index contributed by atoms with van der Waals surface area (Å²) in [6, 6.07) is 3.13. The molecule has 6 heteroatoms. The van der Waals surface area contributed by atoms with E-state index in [0.717, 1.165) is 11.3 Å². The van der Waals surface area contributed by atoms with E-state index in [1.807, 2.05) is 0 Å². The molecule has 0 spiro atoms. The number of sulfonamides is 1. The van der Waals surface area contributed by atoms with Gasteiger partial charge in [0.2, 0.25) is 0 Å². The zero-order valence-corrected chi connectivity index (χ0v) is 6.58. The Morgan fingerprint density at radius 2 is 2.30 bits per heavy atom. The molecule has 1 aromatic heterocycles. The molecule has 4 nitrogen and oxygen atoms in total. The predicted octanol–water partition coefficient (Wildman–Crippen LogP) is -0.0999. The zero-order chi connectivity index (χ0) is 7.61. The third-order valence-corrected chi connectivity index (χ3v) is 3.50. The second-order valence-corrected chi connectivity index (χ2v) is 4.44. The van der Waals surface area contributed by atoms with Crippen LogP contribution in [0.1, 0.15) is 0 Å². The largest absolute Gasteiger partial charge is 0.262 e. The fourth-order valence-corrected chi connectivity index (χ4v) is 2.11. The maximum Gasteiger partial charge on any atom is 0.262 e. The van der Waals surface area contributed by atoms with Crippen molar-refractivity contribution in [3.63, 3.8) is 0 Å². The molecule has 0 aromatic carbocycles. The van der Waals surface area contributed by atoms with E-state index in [-0.39, 0.29) is 4.21 Å². The molecule has 0 fully saturated rings. The van der Waals surface area contributed by atoms with Crippen molar-refractivity contribution in [3.05, 3.63) is 17.5 Å². The van der Waals surface area contributed by atoms with E-state index in [1.165, 1.54) is 6.07 Å². The molecule has 0 bridgehead atoms. The van der Waals surface area contributed by atoms with Gasteiger partial charge in [-0.25, -0.2) is 8.42 Å². The molecule has 0 unspecified atom stereocenters. The van der Waals surface area contributed by atoms with Gasteiger partial charge in [0, 0.05) is 0 Å². The van der Waals surface area contributed by atoms with Gasteiger partial charge in [0.05, 0.1) is 0 Å². The summed E-state index contributed by atoms with van der Waals surface area (Å²) in [6.07, 6.45) is 0. The van der Waals surface area contributed by atoms with Crippen LogP contribution in [0.4, 0.5) is 0 Å². The van der Waals surface area contributed by atoms with Crippen molar-refractivity contribution in [2.24, 2.45) is 5.84 Å². The van der Waals surface area contributed by atoms with E-state index in [4.69, 9.17) is 5.84 Å². The maximum atomic E-state index is 10.8. The lowest BCUT2D eigenvalue weighted by molar-refractivity contribution is 0.586. The van der Waals surface area contributed by atoms with Crippen molar-refractivity contribution in [2.45, 2.75) is 4.21 Å². The standard InChI is InChI=1S/C4H6N2O2S2/c5-6-10(7,8)4-2-1-3-9-4/h1-3,6H,5H2. The first-order valence-electron chi connectivity index (χ1n) is 2.43. The fourth-order valence-electron chi connectivity index (χ4n) is 0.474. The van der Waals surface area contributed by atoms with E-state index in [9.17, 15) is 8.42 Å². The molecule has 1 heterocycles. The highest BCUT2D eigenvalue weighted by Gasteiger charge is 2.10. The van der Waals surface area contributed by atoms with Gasteiger partial charge in [-0.2, -0.15) is 0 Å². The van der Waals surface area contributed by atoms with Crippen molar-refractivity contribution in [1.82, 2.24) is 4.83 Å². The second kappa shape index (κ2) is 2.67. The molecule has 0 radical (unpaired) electrons. The van der Waals surface area contributed by atoms with Crippen LogP contribution >= 0.6 is 11.3 Å². The minimum Gasteiger partial charge on any atom is -0.257 e. The second-order valence-electron chi connectivity index (χ2n) is 1.55. The molecule has 1 aromatic rings. The molecule has 3 N–H and O–H groups in total. The quantitative estimate of drug-likeness (QED) is 0.490. The molecule has 0 aliphatic rings. The topological polar surface area (TPSA) is 72.2 Å². The van der Waals surface area contributed by atoms with Crippen LogP contribution in [0.15, 0.2) is 21.7 Å². The Bertz CT molecular complexity index is 289. The van der Waals surface area contributed by atoms with E-state index in [0.29, 0.717) is 0 Å². The summed E-state index contributed by atoms with van der Waals surface area (Å²) in [5.41, 5.74) is 0. The molecule has 0 atom stereocenters. The van der Waals surface area contributed by atoms with Gasteiger partial charge < -0.3 is 0 Å². The summed E-state index contributed by atoms with van der Waals surface area (Å²) >= 11 is 1.12. The first-order valence-corrected chi connectivity index (χ1v) is 4.79. The third-order valence-electron chi connectivity index (χ3n) is 0.915. The Morgan fingerprint density at radius 3 is 2.70 bits per heavy atom. The molecular weight excluding hydrogens is 172 g/mol. The van der Waals surface area contributed by atoms with Crippen LogP contribution in [0, 0.1) is 0 Å². The Morgan fingerprint density at radius 1 is 1.60 bits per heavy atom. The highest BCUT2D eigenvalue weighted by molar-refractivity contribution is 7.91. The lowest BCUT2D eigenvalue weighted by atomic mass is 10.7. The van der Waals surface area contributed by atoms with Crippen molar-refractivity contribution < 1.29 is 8.42 Å². The van der Waals surface area contributed by atoms with E-state index in [2.05, 4.69) is 0 Å². The number of hydrogen-bond donors (Lipinski definition) is 2. The molecule has 0 saturated carbocycles. The van der Waals surface area contributed by atoms with Crippen LogP contribution in [0.25, 0.3) is 0 Å². The number of nitrogens with two attached hydrogens (primary N) is 1. The van der Waals surface area contributed by atoms with Crippen LogP contribution in [-0.2, 0) is 10.0 Å². The summed E-state index contributed by atoms with van der Waals surface area (Å²) in [7, 11) is -3.41. The van der Waals surface area contributed by atoms with Gasteiger partial charge in [-0.1, -0.05) is 6.07 Å². The van der Waals surface area contributed by atoms with Gasteiger partial charge >= 0.3 is 0 Å². The van der Waals surface area contributed by atoms with Gasteiger partial charge in [-0.15, -0.1) is 16.2 Å². The Hall–Kier alpha value is -0.430. The minimum atomic E-state index is -3.41. The van der Waals surface area contributed by atoms with Gasteiger partial charge in [0.25, 0.3) is 10.0 Å². The number of nitrogens with one attached hydrogen (secondary N) is 1. The molecule has 10 heavy (non-hydrogen) atoms. The average molecular weight is 178 g/mol. The summed E-state index contributed by atoms with van der Waals surface area (Å²) in [6.45, 7) is 0. The smallest absolute Gasteiger partial charge is 0.257 e. The van der Waals surface area contributed by atoms with Gasteiger partial charge in [0.15, 0.2) is 0 Å². The van der Waals surface area contributed by atoms with Crippen LogP contribution < -0.4 is 10.7 Å². The monoisotopic (exact) mass is 178 g/mol. The third kappa shape index (κ3) is 1.35. The first kappa shape index (κ1) is 7.67. The van der Waals surface area contributed by atoms with Gasteiger partial charge in [-0.3, -0.25) is 5.84 Å². The van der Waals surface area contributed by atoms with Crippen LogP contribution in [0.2, 0.25) is 0 Å². The summed E-state index contributed by atoms with van der Waals surface area (Å²) in [5.74, 6) is 4.77. The number of thiophene rings is 1. The van der Waals surface area contributed by atoms with Crippen LogP contribution in [0.5, 0.6) is 0 Å². The molecule has 0 saturated heterocycles. The summed E-state index contributed by atoms with van der Waals surface area (Å²) in [5, 5.41) is 1.67. The highest BCUT2D eigenvalue weighted by atomic mass is 32.2. The predicted molar refractivity (Wildman–Crippen MR) is 38.8 cm³/mol. The van der Waals surface area contributed by atoms with E-state index < -0.39 is 10.0 Å². The van der Waals surface area contributed by atoms with Crippen molar-refractivity contribution in [3.8, 4) is 0 Å². The van der Waals surface area contributed by atoms with E-state index in [1.54, 1.807) is 16.3 Å². The molecule has 0 amide bonds. The zero-order valence-electron chi connectivity index (χ0n) is 4.94. The van der Waals surface area contributed by atoms with Crippen LogP contribution in [0.3, 0.4) is 0 Å². The van der Waals surface area contributed by atoms with Crippen molar-refractivity contribution >= 4 is 21.4 Å². The van der Waals surface area contributed by atoms with Crippen LogP contribution in [-0.4, -0.2) is 8.42 Å². The average Bonchev–Trinajstić information content (AvgIpc) is 2.38. The van der Waals surface area contributed by atoms with Gasteiger partial charge in [0.1, 0.15) is 4.21 Å². The van der Waals surface area contributed by atoms with Crippen molar-refractivity contribution in [1.29, 1.82) is 0 Å². The number of rotatable bonds is 2. The number of hydrazine groups is 1. The molecule has 0 aliphatic heterocycles. The highest BCUT2D eigenvalue weighted by Crippen LogP contribution is 2.13. The fraction of sp³-hybridized carbons (Fsp3) is 0. The molecule has 56 valence electrons. The maximum absolute atomic E-state index is 10.8. The van der Waals surface area contributed by atoms with Crippen molar-refractivity contribution in [2.75, 3.05) is 0 Å². The summed E-state index contributed by atoms with van der Waals surface area (Å²) in [4.78, 5) is 1.73. The lowest BCUT2D eigenvalue weighted by Gasteiger charge is -1.94. The molecular formula is C4H6N2O2S2. The Kier molecular flexibility index (Phi) is 2.05. The normalized spacial score (nSPS) is 11.7. The number of hydrogen-bond acceptors (Lipinski definition) is 4. The molecule has 1 rings (SSSR count). The molecule has 0 aliphatic carbocycles.